The second-order valence-corrected chi connectivity index (χ2v) is 6.32. The molecule has 1 aromatic rings. The van der Waals surface area contributed by atoms with Gasteiger partial charge in [-0.1, -0.05) is 6.92 Å². The van der Waals surface area contributed by atoms with Crippen LogP contribution in [0.1, 0.15) is 31.9 Å². The largest absolute Gasteiger partial charge is 0.467 e. The Balaban J connectivity index is 0.00000312. The molecule has 7 heteroatoms. The van der Waals surface area contributed by atoms with Gasteiger partial charge in [-0.2, -0.15) is 0 Å². The fourth-order valence-electron chi connectivity index (χ4n) is 3.01. The van der Waals surface area contributed by atoms with Crippen molar-refractivity contribution in [1.82, 2.24) is 15.5 Å². The number of aliphatic imine (C=N–C) groups is 1. The second kappa shape index (κ2) is 13.4. The van der Waals surface area contributed by atoms with Crippen LogP contribution in [-0.2, 0) is 11.3 Å². The van der Waals surface area contributed by atoms with E-state index < -0.39 is 0 Å². The van der Waals surface area contributed by atoms with Gasteiger partial charge in [0.1, 0.15) is 12.4 Å². The standard InChI is InChI=1S/C18H32N4O2.HI/c1-3-9-22-10-7-16(14-22)13-21-18(19-2)20-8-5-11-23-15-17-6-4-12-24-17;/h4,6,12,16H,3,5,7-11,13-15H2,1-2H3,(H2,19,20,21);1H. The summed E-state index contributed by atoms with van der Waals surface area (Å²) in [5.74, 6) is 2.48. The van der Waals surface area contributed by atoms with Crippen molar-refractivity contribution < 1.29 is 9.15 Å². The van der Waals surface area contributed by atoms with Crippen molar-refractivity contribution in [3.63, 3.8) is 0 Å². The number of halogens is 1. The molecule has 0 spiro atoms. The molecular weight excluding hydrogens is 431 g/mol. The number of hydrogen-bond donors (Lipinski definition) is 2. The molecule has 1 aliphatic heterocycles. The van der Waals surface area contributed by atoms with E-state index in [9.17, 15) is 0 Å². The number of hydrogen-bond acceptors (Lipinski definition) is 4. The van der Waals surface area contributed by atoms with Crippen LogP contribution in [0.25, 0.3) is 0 Å². The highest BCUT2D eigenvalue weighted by molar-refractivity contribution is 14.0. The first-order valence-corrected chi connectivity index (χ1v) is 9.08. The lowest BCUT2D eigenvalue weighted by Gasteiger charge is -2.17. The van der Waals surface area contributed by atoms with Gasteiger partial charge in [0.2, 0.25) is 0 Å². The molecule has 1 atom stereocenters. The molecule has 2 N–H and O–H groups in total. The molecule has 2 rings (SSSR count). The zero-order valence-corrected chi connectivity index (χ0v) is 17.8. The Labute approximate surface area is 168 Å². The average Bonchev–Trinajstić information content (AvgIpc) is 3.26. The first kappa shape index (κ1) is 22.2. The van der Waals surface area contributed by atoms with Crippen LogP contribution >= 0.6 is 24.0 Å². The third-order valence-electron chi connectivity index (χ3n) is 4.27. The van der Waals surface area contributed by atoms with Gasteiger partial charge in [0, 0.05) is 33.3 Å². The third kappa shape index (κ3) is 8.91. The Morgan fingerprint density at radius 2 is 2.32 bits per heavy atom. The summed E-state index contributed by atoms with van der Waals surface area (Å²) in [4.78, 5) is 6.84. The van der Waals surface area contributed by atoms with E-state index in [1.54, 1.807) is 6.26 Å². The monoisotopic (exact) mass is 464 g/mol. The maximum Gasteiger partial charge on any atom is 0.190 e. The Kier molecular flexibility index (Phi) is 11.9. The van der Waals surface area contributed by atoms with Gasteiger partial charge >= 0.3 is 0 Å². The summed E-state index contributed by atoms with van der Waals surface area (Å²) >= 11 is 0. The van der Waals surface area contributed by atoms with Crippen molar-refractivity contribution in [3.05, 3.63) is 24.2 Å². The molecule has 0 aromatic carbocycles. The molecule has 1 fully saturated rings. The summed E-state index contributed by atoms with van der Waals surface area (Å²) in [7, 11) is 1.82. The number of ether oxygens (including phenoxy) is 1. The first-order chi connectivity index (χ1) is 11.8. The normalized spacial score (nSPS) is 18.2. The Bertz CT molecular complexity index is 468. The van der Waals surface area contributed by atoms with Crippen molar-refractivity contribution in [2.45, 2.75) is 32.8 Å². The lowest BCUT2D eigenvalue weighted by molar-refractivity contribution is 0.105. The zero-order valence-electron chi connectivity index (χ0n) is 15.5. The maximum atomic E-state index is 5.57. The van der Waals surface area contributed by atoms with Crippen LogP contribution in [0.2, 0.25) is 0 Å². The number of likely N-dealkylation sites (tertiary alicyclic amines) is 1. The third-order valence-corrected chi connectivity index (χ3v) is 4.27. The van der Waals surface area contributed by atoms with Crippen LogP contribution in [0.5, 0.6) is 0 Å². The highest BCUT2D eigenvalue weighted by Gasteiger charge is 2.21. The lowest BCUT2D eigenvalue weighted by atomic mass is 10.1. The van der Waals surface area contributed by atoms with Crippen molar-refractivity contribution in [3.8, 4) is 0 Å². The van der Waals surface area contributed by atoms with Crippen molar-refractivity contribution >= 4 is 29.9 Å². The van der Waals surface area contributed by atoms with E-state index in [2.05, 4.69) is 27.4 Å². The molecular formula is C18H33IN4O2. The molecule has 0 aliphatic carbocycles. The summed E-state index contributed by atoms with van der Waals surface area (Å²) in [5.41, 5.74) is 0. The fraction of sp³-hybridized carbons (Fsp3) is 0.722. The van der Waals surface area contributed by atoms with Crippen LogP contribution in [0.4, 0.5) is 0 Å². The van der Waals surface area contributed by atoms with Crippen LogP contribution < -0.4 is 10.6 Å². The molecule has 0 bridgehead atoms. The molecule has 25 heavy (non-hydrogen) atoms. The fourth-order valence-corrected chi connectivity index (χ4v) is 3.01. The summed E-state index contributed by atoms with van der Waals surface area (Å²) in [6.45, 7) is 9.00. The quantitative estimate of drug-likeness (QED) is 0.241. The average molecular weight is 464 g/mol. The molecule has 1 aliphatic rings. The van der Waals surface area contributed by atoms with Gasteiger partial charge in [0.05, 0.1) is 6.26 Å². The Morgan fingerprint density at radius 3 is 3.04 bits per heavy atom. The van der Waals surface area contributed by atoms with Gasteiger partial charge in [-0.05, 0) is 50.4 Å². The highest BCUT2D eigenvalue weighted by atomic mass is 127. The van der Waals surface area contributed by atoms with Crippen molar-refractivity contribution in [2.24, 2.45) is 10.9 Å². The smallest absolute Gasteiger partial charge is 0.190 e. The van der Waals surface area contributed by atoms with E-state index in [4.69, 9.17) is 9.15 Å². The van der Waals surface area contributed by atoms with Gasteiger partial charge in [-0.15, -0.1) is 24.0 Å². The molecule has 1 saturated heterocycles. The van der Waals surface area contributed by atoms with E-state index in [1.807, 2.05) is 19.2 Å². The number of guanidine groups is 1. The molecule has 6 nitrogen and oxygen atoms in total. The second-order valence-electron chi connectivity index (χ2n) is 6.32. The summed E-state index contributed by atoms with van der Waals surface area (Å²) in [6, 6.07) is 3.80. The SMILES string of the molecule is CCCN1CCC(CNC(=NC)NCCCOCc2ccco2)C1.I. The van der Waals surface area contributed by atoms with Crippen molar-refractivity contribution in [1.29, 1.82) is 0 Å². The zero-order chi connectivity index (χ0) is 17.0. The van der Waals surface area contributed by atoms with E-state index in [-0.39, 0.29) is 24.0 Å². The number of nitrogens with one attached hydrogen (secondary N) is 2. The van der Waals surface area contributed by atoms with Gasteiger partial charge in [-0.25, -0.2) is 0 Å². The minimum atomic E-state index is 0. The van der Waals surface area contributed by atoms with E-state index in [1.165, 1.54) is 32.5 Å². The molecule has 0 saturated carbocycles. The van der Waals surface area contributed by atoms with Gasteiger partial charge < -0.3 is 24.7 Å². The number of nitrogens with zero attached hydrogens (tertiary/aromatic N) is 2. The van der Waals surface area contributed by atoms with Crippen LogP contribution in [0.3, 0.4) is 0 Å². The number of rotatable bonds is 10. The van der Waals surface area contributed by atoms with Gasteiger partial charge in [-0.3, -0.25) is 4.99 Å². The predicted octanol–water partition coefficient (Wildman–Crippen LogP) is 2.70. The predicted molar refractivity (Wildman–Crippen MR) is 113 cm³/mol. The highest BCUT2D eigenvalue weighted by Crippen LogP contribution is 2.15. The van der Waals surface area contributed by atoms with E-state index >= 15 is 0 Å². The van der Waals surface area contributed by atoms with E-state index in [0.717, 1.165) is 37.1 Å². The summed E-state index contributed by atoms with van der Waals surface area (Å²) in [5, 5.41) is 6.79. The van der Waals surface area contributed by atoms with Gasteiger partial charge in [0.15, 0.2) is 5.96 Å². The minimum Gasteiger partial charge on any atom is -0.467 e. The molecule has 0 radical (unpaired) electrons. The maximum absolute atomic E-state index is 5.57. The first-order valence-electron chi connectivity index (χ1n) is 9.08. The number of furan rings is 1. The Morgan fingerprint density at radius 1 is 1.44 bits per heavy atom. The minimum absolute atomic E-state index is 0. The summed E-state index contributed by atoms with van der Waals surface area (Å²) < 4.78 is 10.8. The summed E-state index contributed by atoms with van der Waals surface area (Å²) in [6.07, 6.45) is 5.13. The Hall–Kier alpha value is -0.800. The van der Waals surface area contributed by atoms with Gasteiger partial charge in [0.25, 0.3) is 0 Å². The van der Waals surface area contributed by atoms with Crippen LogP contribution in [0, 0.1) is 5.92 Å². The van der Waals surface area contributed by atoms with Crippen molar-refractivity contribution in [2.75, 3.05) is 46.4 Å². The molecule has 1 aromatic heterocycles. The van der Waals surface area contributed by atoms with Crippen LogP contribution in [0.15, 0.2) is 27.8 Å². The molecule has 144 valence electrons. The lowest BCUT2D eigenvalue weighted by Crippen LogP contribution is -2.40. The molecule has 1 unspecified atom stereocenters. The molecule has 2 heterocycles. The van der Waals surface area contributed by atoms with Crippen LogP contribution in [-0.4, -0.2) is 57.2 Å². The molecule has 0 amide bonds. The topological polar surface area (TPSA) is 62.0 Å². The van der Waals surface area contributed by atoms with E-state index in [0.29, 0.717) is 13.2 Å².